The molecule has 1 saturated carbocycles. The van der Waals surface area contributed by atoms with Crippen LogP contribution >= 0.6 is 0 Å². The molecule has 4 rings (SSSR count). The molecular weight excluding hydrogens is 794 g/mol. The largest absolute Gasteiger partial charge is 0.422 e. The predicted molar refractivity (Wildman–Crippen MR) is 136 cm³/mol. The van der Waals surface area contributed by atoms with Crippen LogP contribution in [0.5, 0.6) is 0 Å². The summed E-state index contributed by atoms with van der Waals surface area (Å²) in [5.41, 5.74) is -29.2. The van der Waals surface area contributed by atoms with E-state index in [4.69, 9.17) is 0 Å². The number of alkyl halides is 8. The average molecular weight is 797 g/mol. The highest BCUT2D eigenvalue weighted by atomic mass is 19.4. The zero-order chi connectivity index (χ0) is 41.5. The van der Waals surface area contributed by atoms with Crippen LogP contribution in [-0.2, 0) is 18.3 Å². The first-order chi connectivity index (χ1) is 24.6. The van der Waals surface area contributed by atoms with Crippen LogP contribution in [0.15, 0.2) is 16.7 Å². The van der Waals surface area contributed by atoms with Gasteiger partial charge in [0.2, 0.25) is 0 Å². The van der Waals surface area contributed by atoms with Gasteiger partial charge in [0, 0.05) is 23.6 Å². The van der Waals surface area contributed by atoms with E-state index in [1.54, 1.807) is 0 Å². The number of halogens is 20. The van der Waals surface area contributed by atoms with Crippen molar-refractivity contribution in [2.24, 2.45) is 0 Å². The van der Waals surface area contributed by atoms with Gasteiger partial charge in [-0.3, -0.25) is 0 Å². The number of benzene rings is 3. The maximum Gasteiger partial charge on any atom is 0.422 e. The summed E-state index contributed by atoms with van der Waals surface area (Å²) >= 11 is 0. The highest BCUT2D eigenvalue weighted by Crippen LogP contribution is 2.58. The Hall–Kier alpha value is -6.05. The molecule has 3 aromatic carbocycles. The Labute approximate surface area is 284 Å². The van der Waals surface area contributed by atoms with E-state index < -0.39 is 155 Å². The number of nitrogens with zero attached hydrogens (tertiary/aromatic N) is 3. The van der Waals surface area contributed by atoms with E-state index in [1.807, 2.05) is 0 Å². The lowest BCUT2D eigenvalue weighted by Crippen LogP contribution is -2.18. The molecule has 3 nitrogen and oxygen atoms in total. The molecule has 54 heavy (non-hydrogen) atoms. The minimum atomic E-state index is -6.25. The number of nitriles is 3. The van der Waals surface area contributed by atoms with Gasteiger partial charge in [0.15, 0.2) is 69.8 Å². The zero-order valence-corrected chi connectivity index (χ0v) is 24.9. The maximum absolute atomic E-state index is 15.2. The molecule has 1 aliphatic carbocycles. The third kappa shape index (κ3) is 6.04. The fraction of sp³-hybridized carbons (Fsp3) is 0.129. The second kappa shape index (κ2) is 13.1. The molecule has 23 heteroatoms. The van der Waals surface area contributed by atoms with Crippen LogP contribution in [0, 0.1) is 104 Å². The van der Waals surface area contributed by atoms with E-state index >= 15 is 26.3 Å². The van der Waals surface area contributed by atoms with Crippen LogP contribution in [0.4, 0.5) is 87.8 Å². The summed E-state index contributed by atoms with van der Waals surface area (Å²) in [6.07, 6.45) is -12.5. The number of allylic oxidation sites excluding steroid dienone is 6. The maximum atomic E-state index is 15.2. The van der Waals surface area contributed by atoms with Crippen molar-refractivity contribution in [1.82, 2.24) is 0 Å². The first-order valence-electron chi connectivity index (χ1n) is 13.2. The van der Waals surface area contributed by atoms with Crippen molar-refractivity contribution in [2.45, 2.75) is 25.2 Å². The van der Waals surface area contributed by atoms with Crippen molar-refractivity contribution in [1.29, 1.82) is 15.8 Å². The molecule has 3 aromatic rings. The van der Waals surface area contributed by atoms with Crippen molar-refractivity contribution in [3.8, 4) is 18.2 Å². The molecule has 0 atom stereocenters. The van der Waals surface area contributed by atoms with Gasteiger partial charge in [-0.25, -0.2) is 61.5 Å². The summed E-state index contributed by atoms with van der Waals surface area (Å²) < 4.78 is 285. The van der Waals surface area contributed by atoms with Gasteiger partial charge >= 0.3 is 12.4 Å². The molecule has 0 spiro atoms. The molecule has 1 fully saturated rings. The lowest BCUT2D eigenvalue weighted by atomic mass is 9.97. The Balaban J connectivity index is 2.38. The molecular formula is C31H3F20N3. The SMILES string of the molecule is CC(F)(F)c1c(F)c(F)c(/C(C#N)=C2/C(=C(C#N)c3c(F)c(F)c(C(F)(F)F)c(F)c3F)/C2=C(/C#N)c2c(F)c(F)c(C(F)(F)F)c(F)c2F)c(F)c1F. The van der Waals surface area contributed by atoms with E-state index in [1.165, 1.54) is 0 Å². The highest BCUT2D eigenvalue weighted by molar-refractivity contribution is 6.12. The average Bonchev–Trinajstić information content (AvgIpc) is 3.76. The van der Waals surface area contributed by atoms with Crippen LogP contribution in [0.25, 0.3) is 16.7 Å². The molecule has 0 bridgehead atoms. The molecule has 0 aliphatic heterocycles. The van der Waals surface area contributed by atoms with E-state index in [0.717, 1.165) is 0 Å². The molecule has 0 aromatic heterocycles. The molecule has 0 unspecified atom stereocenters. The Kier molecular flexibility index (Phi) is 9.89. The van der Waals surface area contributed by atoms with Gasteiger partial charge in [-0.1, -0.05) is 0 Å². The summed E-state index contributed by atoms with van der Waals surface area (Å²) in [6, 6.07) is 1.95. The topological polar surface area (TPSA) is 71.4 Å². The third-order valence-corrected chi connectivity index (χ3v) is 7.32. The summed E-state index contributed by atoms with van der Waals surface area (Å²) in [4.78, 5) is 0. The van der Waals surface area contributed by atoms with Crippen LogP contribution in [0.2, 0.25) is 0 Å². The molecule has 282 valence electrons. The Morgan fingerprint density at radius 2 is 0.537 bits per heavy atom. The molecule has 0 saturated heterocycles. The molecule has 0 N–H and O–H groups in total. The van der Waals surface area contributed by atoms with E-state index in [-0.39, 0.29) is 6.92 Å². The van der Waals surface area contributed by atoms with Gasteiger partial charge in [0.25, 0.3) is 5.92 Å². The Morgan fingerprint density at radius 1 is 0.352 bits per heavy atom. The molecule has 1 aliphatic rings. The molecule has 0 amide bonds. The monoisotopic (exact) mass is 797 g/mol. The van der Waals surface area contributed by atoms with Crippen molar-refractivity contribution in [3.05, 3.63) is 120 Å². The van der Waals surface area contributed by atoms with Crippen LogP contribution < -0.4 is 0 Å². The second-order valence-electron chi connectivity index (χ2n) is 10.5. The smallest absolute Gasteiger partial charge is 0.203 e. The summed E-state index contributed by atoms with van der Waals surface area (Å²) in [5, 5.41) is 29.2. The normalized spacial score (nSPS) is 16.1. The quantitative estimate of drug-likeness (QED) is 0.150. The molecule has 0 radical (unpaired) electrons. The van der Waals surface area contributed by atoms with Gasteiger partial charge < -0.3 is 0 Å². The highest BCUT2D eigenvalue weighted by Gasteiger charge is 2.50. The summed E-state index contributed by atoms with van der Waals surface area (Å²) in [6.45, 7) is -0.311. The number of hydrogen-bond acceptors (Lipinski definition) is 3. The van der Waals surface area contributed by atoms with Crippen LogP contribution in [0.1, 0.15) is 40.3 Å². The summed E-state index contributed by atoms with van der Waals surface area (Å²) in [5.74, 6) is -42.8. The van der Waals surface area contributed by atoms with Crippen molar-refractivity contribution in [2.75, 3.05) is 0 Å². The number of hydrogen-bond donors (Lipinski definition) is 0. The van der Waals surface area contributed by atoms with E-state index in [0.29, 0.717) is 18.2 Å². The predicted octanol–water partition coefficient (Wildman–Crippen LogP) is 10.8. The van der Waals surface area contributed by atoms with Crippen LogP contribution in [0.3, 0.4) is 0 Å². The van der Waals surface area contributed by atoms with Gasteiger partial charge in [-0.05, 0) is 0 Å². The van der Waals surface area contributed by atoms with E-state index in [9.17, 15) is 77.3 Å². The number of rotatable bonds is 4. The Morgan fingerprint density at radius 3 is 0.685 bits per heavy atom. The summed E-state index contributed by atoms with van der Waals surface area (Å²) in [7, 11) is 0. The van der Waals surface area contributed by atoms with Crippen LogP contribution in [-0.4, -0.2) is 0 Å². The van der Waals surface area contributed by atoms with Gasteiger partial charge in [-0.15, -0.1) is 0 Å². The van der Waals surface area contributed by atoms with Crippen molar-refractivity contribution in [3.63, 3.8) is 0 Å². The van der Waals surface area contributed by atoms with Gasteiger partial charge in [-0.2, -0.15) is 42.1 Å². The minimum absolute atomic E-state index is 0.311. The Bertz CT molecular complexity index is 2070. The first kappa shape index (κ1) is 40.7. The van der Waals surface area contributed by atoms with Crippen molar-refractivity contribution >= 4 is 16.7 Å². The van der Waals surface area contributed by atoms with Gasteiger partial charge in [0.05, 0.1) is 39.0 Å². The lowest BCUT2D eigenvalue weighted by Gasteiger charge is -2.16. The fourth-order valence-electron chi connectivity index (χ4n) is 5.08. The standard InChI is InChI=1S/C31H3F20N3/c1-29(44,45)14-23(38)17(32)11(18(33)24(14)39)5(2-52)8-9(6(3-53)12-19(34)25(40)15(30(46,47)48)26(41)20(12)35)10(8)7(4-54)13-21(36)27(42)16(31(49,50)51)28(43)22(13)37/h1H3/b8-5-,9-6?,10-7-. The first-order valence-corrected chi connectivity index (χ1v) is 13.2. The molecule has 0 heterocycles. The van der Waals surface area contributed by atoms with Crippen molar-refractivity contribution < 1.29 is 87.8 Å². The third-order valence-electron chi connectivity index (χ3n) is 7.32. The zero-order valence-electron chi connectivity index (χ0n) is 24.9. The van der Waals surface area contributed by atoms with Gasteiger partial charge in [0.1, 0.15) is 29.3 Å². The lowest BCUT2D eigenvalue weighted by molar-refractivity contribution is -0.144. The second-order valence-corrected chi connectivity index (χ2v) is 10.5. The van der Waals surface area contributed by atoms with E-state index in [2.05, 4.69) is 0 Å². The minimum Gasteiger partial charge on any atom is -0.203 e. The fourth-order valence-corrected chi connectivity index (χ4v) is 5.08.